The lowest BCUT2D eigenvalue weighted by molar-refractivity contribution is -0.120. The summed E-state index contributed by atoms with van der Waals surface area (Å²) in [6, 6.07) is 12.6. The molecule has 1 heterocycles. The van der Waals surface area contributed by atoms with Gasteiger partial charge < -0.3 is 14.7 Å². The van der Waals surface area contributed by atoms with Crippen molar-refractivity contribution < 1.29 is 19.4 Å². The number of rotatable bonds is 6. The Bertz CT molecular complexity index is 1360. The predicted octanol–water partition coefficient (Wildman–Crippen LogP) is 6.64. The fraction of sp³-hybridized carbons (Fsp3) is 0.250. The lowest BCUT2D eigenvalue weighted by Gasteiger charge is -2.32. The van der Waals surface area contributed by atoms with E-state index in [1.54, 1.807) is 6.07 Å². The molecule has 0 spiro atoms. The van der Waals surface area contributed by atoms with Crippen LogP contribution in [0.15, 0.2) is 69.6 Å². The second kappa shape index (κ2) is 10.7. The van der Waals surface area contributed by atoms with Crippen LogP contribution in [0.5, 0.6) is 11.5 Å². The highest BCUT2D eigenvalue weighted by atomic mass is 35.5. The van der Waals surface area contributed by atoms with Crippen molar-refractivity contribution in [2.75, 3.05) is 23.9 Å². The van der Waals surface area contributed by atoms with Gasteiger partial charge in [-0.25, -0.2) is 0 Å². The number of phenols is 1. The molecule has 0 atom stereocenters. The van der Waals surface area contributed by atoms with E-state index < -0.39 is 0 Å². The van der Waals surface area contributed by atoms with Crippen molar-refractivity contribution in [2.45, 2.75) is 26.7 Å². The van der Waals surface area contributed by atoms with Gasteiger partial charge in [-0.2, -0.15) is 0 Å². The number of thiocarbonyl (C=S) groups is 1. The van der Waals surface area contributed by atoms with Gasteiger partial charge in [0.2, 0.25) is 0 Å². The number of carbonyl (C=O) groups excluding carboxylic acids is 2. The average Bonchev–Trinajstić information content (AvgIpc) is 3.11. The molecule has 192 valence electrons. The lowest BCUT2D eigenvalue weighted by Crippen LogP contribution is -2.27. The summed E-state index contributed by atoms with van der Waals surface area (Å²) in [4.78, 5) is 27.8. The molecular formula is C28H27ClN2O4S2. The molecule has 0 radical (unpaired) electrons. The number of amides is 1. The number of benzene rings is 2. The second-order valence-electron chi connectivity index (χ2n) is 9.90. The molecule has 37 heavy (non-hydrogen) atoms. The van der Waals surface area contributed by atoms with Gasteiger partial charge in [0.1, 0.15) is 0 Å². The fourth-order valence-corrected chi connectivity index (χ4v) is 5.95. The summed E-state index contributed by atoms with van der Waals surface area (Å²) in [5.74, 6) is -0.573. The number of nitrogens with zero attached hydrogens (tertiary/aromatic N) is 2. The van der Waals surface area contributed by atoms with E-state index in [1.165, 1.54) is 28.8 Å². The Labute approximate surface area is 231 Å². The number of phenolic OH excluding ortho intramolecular Hbond substituents is 1. The van der Waals surface area contributed by atoms with Gasteiger partial charge in [0, 0.05) is 30.9 Å². The van der Waals surface area contributed by atoms with E-state index in [0.29, 0.717) is 26.4 Å². The zero-order valence-corrected chi connectivity index (χ0v) is 23.3. The summed E-state index contributed by atoms with van der Waals surface area (Å²) < 4.78 is 5.05. The molecule has 2 aromatic rings. The standard InChI is InChI=1S/C28H27ClN2O4S2/c1-28(2)14-18(11-17-5-7-20(8-6-17)30(3)4)25(29)19(15-28)12-24-26(34)31(27(36)37-24)21-9-10-23(35-16-32)22(33)13-21/h5-13,16,33H,14-15H2,1-4H3. The summed E-state index contributed by atoms with van der Waals surface area (Å²) in [7, 11) is 4.01. The van der Waals surface area contributed by atoms with Crippen LogP contribution in [0.2, 0.25) is 0 Å². The molecule has 2 aromatic carbocycles. The summed E-state index contributed by atoms with van der Waals surface area (Å²) >= 11 is 13.6. The van der Waals surface area contributed by atoms with E-state index in [1.807, 2.05) is 20.2 Å². The first-order valence-corrected chi connectivity index (χ1v) is 13.2. The average molecular weight is 555 g/mol. The molecule has 0 bridgehead atoms. The molecule has 2 aliphatic rings. The number of allylic oxidation sites excluding steroid dienone is 4. The van der Waals surface area contributed by atoms with E-state index in [9.17, 15) is 14.7 Å². The maximum atomic E-state index is 13.3. The van der Waals surface area contributed by atoms with Crippen molar-refractivity contribution in [3.05, 3.63) is 75.2 Å². The molecular weight excluding hydrogens is 528 g/mol. The third kappa shape index (κ3) is 5.92. The Morgan fingerprint density at radius 2 is 1.84 bits per heavy atom. The molecule has 1 saturated heterocycles. The Kier molecular flexibility index (Phi) is 7.83. The van der Waals surface area contributed by atoms with Crippen LogP contribution in [0.25, 0.3) is 6.08 Å². The van der Waals surface area contributed by atoms with Gasteiger partial charge in [-0.15, -0.1) is 0 Å². The van der Waals surface area contributed by atoms with Gasteiger partial charge in [0.15, 0.2) is 15.8 Å². The zero-order valence-electron chi connectivity index (χ0n) is 20.9. The van der Waals surface area contributed by atoms with Gasteiger partial charge in [-0.3, -0.25) is 14.5 Å². The number of anilines is 2. The highest BCUT2D eigenvalue weighted by Crippen LogP contribution is 2.46. The minimum Gasteiger partial charge on any atom is -0.504 e. The van der Waals surface area contributed by atoms with Gasteiger partial charge in [0.05, 0.1) is 10.6 Å². The van der Waals surface area contributed by atoms with Crippen molar-refractivity contribution in [1.82, 2.24) is 0 Å². The third-order valence-corrected chi connectivity index (χ3v) is 7.91. The van der Waals surface area contributed by atoms with Crippen LogP contribution in [-0.2, 0) is 9.59 Å². The maximum absolute atomic E-state index is 13.3. The molecule has 0 saturated carbocycles. The molecule has 0 aromatic heterocycles. The summed E-state index contributed by atoms with van der Waals surface area (Å²) in [5, 5.41) is 10.8. The molecule has 1 amide bonds. The molecule has 1 N–H and O–H groups in total. The van der Waals surface area contributed by atoms with Crippen LogP contribution < -0.4 is 14.5 Å². The van der Waals surface area contributed by atoms with E-state index in [4.69, 9.17) is 28.6 Å². The van der Waals surface area contributed by atoms with Gasteiger partial charge in [0.25, 0.3) is 12.4 Å². The minimum atomic E-state index is -0.302. The number of hydrogen-bond donors (Lipinski definition) is 1. The number of aromatic hydroxyl groups is 1. The fourth-order valence-electron chi connectivity index (χ4n) is 4.40. The van der Waals surface area contributed by atoms with Crippen LogP contribution in [0.3, 0.4) is 0 Å². The predicted molar refractivity (Wildman–Crippen MR) is 155 cm³/mol. The van der Waals surface area contributed by atoms with Crippen molar-refractivity contribution in [3.63, 3.8) is 0 Å². The van der Waals surface area contributed by atoms with E-state index in [2.05, 4.69) is 49.1 Å². The molecule has 0 unspecified atom stereocenters. The van der Waals surface area contributed by atoms with Crippen molar-refractivity contribution in [3.8, 4) is 11.5 Å². The van der Waals surface area contributed by atoms with E-state index in [-0.39, 0.29) is 29.3 Å². The van der Waals surface area contributed by atoms with Gasteiger partial charge in [-0.1, -0.05) is 67.6 Å². The second-order valence-corrected chi connectivity index (χ2v) is 11.9. The quantitative estimate of drug-likeness (QED) is 0.244. The van der Waals surface area contributed by atoms with Crippen LogP contribution in [0.1, 0.15) is 32.3 Å². The van der Waals surface area contributed by atoms with Crippen molar-refractivity contribution in [2.24, 2.45) is 5.41 Å². The largest absolute Gasteiger partial charge is 0.504 e. The topological polar surface area (TPSA) is 70.1 Å². The highest BCUT2D eigenvalue weighted by Gasteiger charge is 2.36. The SMILES string of the molecule is CN(C)c1ccc(C=C2CC(C)(C)CC(C=C3SC(=S)N(c4ccc(OC=O)c(O)c4)C3=O)=C2Cl)cc1. The minimum absolute atomic E-state index is 0.00298. The number of carbonyl (C=O) groups is 2. The first kappa shape index (κ1) is 27.0. The molecule has 4 rings (SSSR count). The smallest absolute Gasteiger partial charge is 0.298 e. The van der Waals surface area contributed by atoms with Gasteiger partial charge in [-0.05, 0) is 65.3 Å². The maximum Gasteiger partial charge on any atom is 0.298 e. The van der Waals surface area contributed by atoms with E-state index in [0.717, 1.165) is 28.8 Å². The first-order chi connectivity index (χ1) is 17.5. The molecule has 9 heteroatoms. The van der Waals surface area contributed by atoms with Crippen LogP contribution in [-0.4, -0.2) is 35.9 Å². The Balaban J connectivity index is 1.66. The first-order valence-electron chi connectivity index (χ1n) is 11.6. The molecule has 1 aliphatic heterocycles. The third-order valence-electron chi connectivity index (χ3n) is 6.13. The summed E-state index contributed by atoms with van der Waals surface area (Å²) in [5.41, 5.74) is 4.42. The normalized spacial score (nSPS) is 19.6. The number of halogens is 1. The lowest BCUT2D eigenvalue weighted by atomic mass is 9.74. The van der Waals surface area contributed by atoms with Crippen LogP contribution >= 0.6 is 35.6 Å². The Morgan fingerprint density at radius 1 is 1.14 bits per heavy atom. The number of ether oxygens (including phenoxy) is 1. The highest BCUT2D eigenvalue weighted by molar-refractivity contribution is 8.27. The monoisotopic (exact) mass is 554 g/mol. The summed E-state index contributed by atoms with van der Waals surface area (Å²) in [6.07, 6.45) is 5.46. The Morgan fingerprint density at radius 3 is 2.46 bits per heavy atom. The number of hydrogen-bond acceptors (Lipinski definition) is 7. The van der Waals surface area contributed by atoms with Gasteiger partial charge >= 0.3 is 0 Å². The number of thioether (sulfide) groups is 1. The van der Waals surface area contributed by atoms with Crippen LogP contribution in [0, 0.1) is 5.41 Å². The molecule has 6 nitrogen and oxygen atoms in total. The van der Waals surface area contributed by atoms with Crippen molar-refractivity contribution in [1.29, 1.82) is 0 Å². The zero-order chi connectivity index (χ0) is 26.9. The van der Waals surface area contributed by atoms with Crippen molar-refractivity contribution >= 4 is 69.7 Å². The Hall–Kier alpha value is -3.07. The van der Waals surface area contributed by atoms with Crippen LogP contribution in [0.4, 0.5) is 11.4 Å². The van der Waals surface area contributed by atoms with E-state index >= 15 is 0 Å². The molecule has 1 fully saturated rings. The molecule has 1 aliphatic carbocycles. The summed E-state index contributed by atoms with van der Waals surface area (Å²) in [6.45, 7) is 4.59.